The number of non-ortho nitro benzene ring substituents is 1. The predicted molar refractivity (Wildman–Crippen MR) is 94.4 cm³/mol. The number of rotatable bonds is 6. The highest BCUT2D eigenvalue weighted by Gasteiger charge is 2.11. The number of guanidine groups is 1. The molecule has 0 aliphatic carbocycles. The molecule has 0 aromatic heterocycles. The molecule has 0 atom stereocenters. The molecule has 0 fully saturated rings. The molecule has 0 amide bonds. The van der Waals surface area contributed by atoms with E-state index >= 15 is 0 Å². The third-order valence-electron chi connectivity index (χ3n) is 3.50. The lowest BCUT2D eigenvalue weighted by Gasteiger charge is -2.09. The van der Waals surface area contributed by atoms with E-state index in [4.69, 9.17) is 10.5 Å². The van der Waals surface area contributed by atoms with Gasteiger partial charge >= 0.3 is 0 Å². The Kier molecular flexibility index (Phi) is 5.73. The number of methoxy groups -OCH3 is 1. The average molecular weight is 328 g/mol. The van der Waals surface area contributed by atoms with Crippen molar-refractivity contribution in [3.63, 3.8) is 0 Å². The van der Waals surface area contributed by atoms with Crippen molar-refractivity contribution in [2.45, 2.75) is 19.9 Å². The predicted octanol–water partition coefficient (Wildman–Crippen LogP) is 3.09. The molecular formula is C17H20N4O3. The lowest BCUT2D eigenvalue weighted by molar-refractivity contribution is -0.384. The van der Waals surface area contributed by atoms with E-state index in [1.165, 1.54) is 24.8 Å². The second-order valence-electron chi connectivity index (χ2n) is 5.13. The molecule has 0 aliphatic heterocycles. The molecule has 0 unspecified atom stereocenters. The molecule has 0 saturated heterocycles. The van der Waals surface area contributed by atoms with Gasteiger partial charge in [-0.1, -0.05) is 19.1 Å². The minimum atomic E-state index is -0.454. The zero-order valence-corrected chi connectivity index (χ0v) is 13.7. The van der Waals surface area contributed by atoms with Gasteiger partial charge in [-0.05, 0) is 30.2 Å². The Balaban J connectivity index is 2.13. The average Bonchev–Trinajstić information content (AvgIpc) is 2.59. The Labute approximate surface area is 140 Å². The summed E-state index contributed by atoms with van der Waals surface area (Å²) in [7, 11) is 1.51. The van der Waals surface area contributed by atoms with Crippen molar-refractivity contribution in [3.8, 4) is 5.75 Å². The van der Waals surface area contributed by atoms with Gasteiger partial charge in [-0.25, -0.2) is 4.99 Å². The highest BCUT2D eigenvalue weighted by atomic mass is 16.6. The van der Waals surface area contributed by atoms with Crippen LogP contribution in [0.2, 0.25) is 0 Å². The van der Waals surface area contributed by atoms with Gasteiger partial charge in [-0.3, -0.25) is 10.1 Å². The number of nitrogens with one attached hydrogen (secondary N) is 1. The quantitative estimate of drug-likeness (QED) is 0.367. The van der Waals surface area contributed by atoms with Crippen LogP contribution in [0.5, 0.6) is 5.75 Å². The number of nitro groups is 1. The Morgan fingerprint density at radius 1 is 1.33 bits per heavy atom. The largest absolute Gasteiger partial charge is 0.496 e. The second kappa shape index (κ2) is 7.96. The normalized spacial score (nSPS) is 11.2. The number of nitrogens with zero attached hydrogens (tertiary/aromatic N) is 2. The van der Waals surface area contributed by atoms with E-state index in [2.05, 4.69) is 17.2 Å². The molecule has 2 rings (SSSR count). The van der Waals surface area contributed by atoms with E-state index in [1.54, 1.807) is 6.07 Å². The summed E-state index contributed by atoms with van der Waals surface area (Å²) in [5.41, 5.74) is 8.52. The first-order valence-electron chi connectivity index (χ1n) is 7.50. The molecule has 0 bridgehead atoms. The number of nitro benzene ring substituents is 1. The molecule has 0 heterocycles. The van der Waals surface area contributed by atoms with Crippen LogP contribution in [0.15, 0.2) is 47.5 Å². The van der Waals surface area contributed by atoms with E-state index < -0.39 is 4.92 Å². The van der Waals surface area contributed by atoms with E-state index in [0.717, 1.165) is 12.1 Å². The van der Waals surface area contributed by atoms with Crippen molar-refractivity contribution in [2.75, 3.05) is 12.4 Å². The molecule has 0 saturated carbocycles. The summed E-state index contributed by atoms with van der Waals surface area (Å²) >= 11 is 0. The maximum Gasteiger partial charge on any atom is 0.270 e. The number of anilines is 1. The molecule has 2 aromatic carbocycles. The second-order valence-corrected chi connectivity index (χ2v) is 5.13. The molecule has 126 valence electrons. The summed E-state index contributed by atoms with van der Waals surface area (Å²) < 4.78 is 5.21. The van der Waals surface area contributed by atoms with E-state index in [1.807, 2.05) is 24.3 Å². The highest BCUT2D eigenvalue weighted by Crippen LogP contribution is 2.24. The summed E-state index contributed by atoms with van der Waals surface area (Å²) in [6.45, 7) is 2.25. The Bertz CT molecular complexity index is 759. The standard InChI is InChI=1S/C17H20N4O3/c1-3-12-5-4-6-14(9-12)20-17(18)19-11-13-10-15(21(22)23)7-8-16(13)24-2/h4-10H,3,11H2,1-2H3,(H3,18,19,20). The minimum Gasteiger partial charge on any atom is -0.496 e. The smallest absolute Gasteiger partial charge is 0.270 e. The molecule has 3 N–H and O–H groups in total. The Morgan fingerprint density at radius 2 is 2.12 bits per heavy atom. The molecule has 0 radical (unpaired) electrons. The van der Waals surface area contributed by atoms with Gasteiger partial charge in [-0.2, -0.15) is 0 Å². The van der Waals surface area contributed by atoms with Gasteiger partial charge in [0.25, 0.3) is 5.69 Å². The van der Waals surface area contributed by atoms with Crippen LogP contribution < -0.4 is 15.8 Å². The number of hydrogen-bond donors (Lipinski definition) is 2. The summed E-state index contributed by atoms with van der Waals surface area (Å²) in [5, 5.41) is 13.9. The maximum absolute atomic E-state index is 10.9. The number of aliphatic imine (C=N–C) groups is 1. The molecule has 0 aliphatic rings. The molecule has 2 aromatic rings. The molecule has 24 heavy (non-hydrogen) atoms. The highest BCUT2D eigenvalue weighted by molar-refractivity contribution is 5.92. The first kappa shape index (κ1) is 17.3. The summed E-state index contributed by atoms with van der Waals surface area (Å²) in [5.74, 6) is 0.766. The molecule has 7 heteroatoms. The topological polar surface area (TPSA) is 103 Å². The number of hydrogen-bond acceptors (Lipinski definition) is 4. The monoisotopic (exact) mass is 328 g/mol. The summed E-state index contributed by atoms with van der Waals surface area (Å²) in [4.78, 5) is 14.7. The van der Waals surface area contributed by atoms with Crippen LogP contribution >= 0.6 is 0 Å². The van der Waals surface area contributed by atoms with Crippen LogP contribution in [-0.2, 0) is 13.0 Å². The van der Waals surface area contributed by atoms with Gasteiger partial charge in [-0.15, -0.1) is 0 Å². The summed E-state index contributed by atoms with van der Waals surface area (Å²) in [6, 6.07) is 12.3. The number of nitrogens with two attached hydrogens (primary N) is 1. The van der Waals surface area contributed by atoms with Gasteiger partial charge in [0, 0.05) is 23.4 Å². The Hall–Kier alpha value is -3.09. The fourth-order valence-corrected chi connectivity index (χ4v) is 2.23. The third kappa shape index (κ3) is 4.45. The van der Waals surface area contributed by atoms with Gasteiger partial charge in [0.2, 0.25) is 0 Å². The summed E-state index contributed by atoms with van der Waals surface area (Å²) in [6.07, 6.45) is 0.928. The van der Waals surface area contributed by atoms with Crippen LogP contribution in [-0.4, -0.2) is 18.0 Å². The number of ether oxygens (including phenoxy) is 1. The zero-order chi connectivity index (χ0) is 17.5. The fraction of sp³-hybridized carbons (Fsp3) is 0.235. The van der Waals surface area contributed by atoms with Crippen LogP contribution in [0.1, 0.15) is 18.1 Å². The number of aryl methyl sites for hydroxylation is 1. The van der Waals surface area contributed by atoms with E-state index in [9.17, 15) is 10.1 Å². The van der Waals surface area contributed by atoms with Crippen molar-refractivity contribution in [3.05, 3.63) is 63.7 Å². The Morgan fingerprint density at radius 3 is 2.79 bits per heavy atom. The van der Waals surface area contributed by atoms with Gasteiger partial charge in [0.15, 0.2) is 5.96 Å². The van der Waals surface area contributed by atoms with Gasteiger partial charge < -0.3 is 15.8 Å². The van der Waals surface area contributed by atoms with E-state index in [0.29, 0.717) is 11.3 Å². The van der Waals surface area contributed by atoms with Crippen LogP contribution in [0.25, 0.3) is 0 Å². The van der Waals surface area contributed by atoms with Gasteiger partial charge in [0.1, 0.15) is 5.75 Å². The van der Waals surface area contributed by atoms with Gasteiger partial charge in [0.05, 0.1) is 18.6 Å². The van der Waals surface area contributed by atoms with E-state index in [-0.39, 0.29) is 18.2 Å². The van der Waals surface area contributed by atoms with Crippen molar-refractivity contribution in [2.24, 2.45) is 10.7 Å². The molecular weight excluding hydrogens is 308 g/mol. The maximum atomic E-state index is 10.9. The van der Waals surface area contributed by atoms with Crippen molar-refractivity contribution in [1.29, 1.82) is 0 Å². The van der Waals surface area contributed by atoms with Crippen LogP contribution in [0.3, 0.4) is 0 Å². The SMILES string of the molecule is CCc1cccc(NC(N)=NCc2cc([N+](=O)[O-])ccc2OC)c1. The number of benzene rings is 2. The van der Waals surface area contributed by atoms with Crippen LogP contribution in [0.4, 0.5) is 11.4 Å². The molecule has 0 spiro atoms. The molecule has 7 nitrogen and oxygen atoms in total. The first-order chi connectivity index (χ1) is 11.5. The zero-order valence-electron chi connectivity index (χ0n) is 13.7. The van der Waals surface area contributed by atoms with Crippen molar-refractivity contribution < 1.29 is 9.66 Å². The minimum absolute atomic E-state index is 0.0109. The third-order valence-corrected chi connectivity index (χ3v) is 3.50. The lowest BCUT2D eigenvalue weighted by atomic mass is 10.1. The van der Waals surface area contributed by atoms with Crippen molar-refractivity contribution >= 4 is 17.3 Å². The lowest BCUT2D eigenvalue weighted by Crippen LogP contribution is -2.22. The van der Waals surface area contributed by atoms with Crippen LogP contribution in [0, 0.1) is 10.1 Å². The van der Waals surface area contributed by atoms with Crippen molar-refractivity contribution in [1.82, 2.24) is 0 Å². The fourth-order valence-electron chi connectivity index (χ4n) is 2.23. The first-order valence-corrected chi connectivity index (χ1v) is 7.50.